The van der Waals surface area contributed by atoms with E-state index in [-0.39, 0.29) is 5.41 Å². The third-order valence-electron chi connectivity index (χ3n) is 11.4. The lowest BCUT2D eigenvalue weighted by molar-refractivity contribution is 0.353. The minimum absolute atomic E-state index is 0.0703. The van der Waals surface area contributed by atoms with Crippen molar-refractivity contribution in [2.24, 2.45) is 0 Å². The Morgan fingerprint density at radius 2 is 0.692 bits per heavy atom. The Hall–Kier alpha value is -5.28. The summed E-state index contributed by atoms with van der Waals surface area (Å²) in [5, 5.41) is 0. The van der Waals surface area contributed by atoms with Crippen molar-refractivity contribution in [2.45, 2.75) is 37.5 Å². The van der Waals surface area contributed by atoms with E-state index in [0.29, 0.717) is 0 Å². The predicted molar refractivity (Wildman–Crippen MR) is 224 cm³/mol. The molecule has 2 aromatic heterocycles. The van der Waals surface area contributed by atoms with Crippen LogP contribution >= 0.6 is 22.7 Å². The molecule has 0 amide bonds. The molecule has 10 rings (SSSR count). The molecule has 0 atom stereocenters. The van der Waals surface area contributed by atoms with Gasteiger partial charge in [0.15, 0.2) is 0 Å². The molecule has 2 heteroatoms. The highest BCUT2D eigenvalue weighted by molar-refractivity contribution is 7.19. The molecule has 1 spiro atoms. The fourth-order valence-corrected chi connectivity index (χ4v) is 10.8. The van der Waals surface area contributed by atoms with E-state index in [1.165, 1.54) is 118 Å². The molecule has 6 aromatic carbocycles. The summed E-state index contributed by atoms with van der Waals surface area (Å²) in [6, 6.07) is 63.4. The third kappa shape index (κ3) is 5.50. The summed E-state index contributed by atoms with van der Waals surface area (Å²) in [4.78, 5) is 5.24. The normalized spacial score (nSPS) is 14.3. The zero-order chi connectivity index (χ0) is 34.5. The molecule has 0 aliphatic heterocycles. The molecule has 250 valence electrons. The highest BCUT2D eigenvalue weighted by atomic mass is 32.1. The van der Waals surface area contributed by atoms with Crippen LogP contribution in [0.25, 0.3) is 75.1 Å². The molecule has 1 saturated carbocycles. The van der Waals surface area contributed by atoms with Crippen LogP contribution in [0.1, 0.15) is 43.2 Å². The summed E-state index contributed by atoms with van der Waals surface area (Å²) in [6.45, 7) is 0. The summed E-state index contributed by atoms with van der Waals surface area (Å²) in [6.07, 6.45) is 6.32. The van der Waals surface area contributed by atoms with Gasteiger partial charge in [-0.3, -0.25) is 0 Å². The zero-order valence-corrected chi connectivity index (χ0v) is 30.7. The molecule has 0 N–H and O–H groups in total. The smallest absolute Gasteiger partial charge is 0.0349 e. The summed E-state index contributed by atoms with van der Waals surface area (Å²) < 4.78 is 0. The molecule has 1 fully saturated rings. The summed E-state index contributed by atoms with van der Waals surface area (Å²) in [5.74, 6) is 0. The molecular formula is C50H38S2. The Balaban J connectivity index is 0.994. The first kappa shape index (κ1) is 31.5. The Kier molecular flexibility index (Phi) is 7.89. The quantitative estimate of drug-likeness (QED) is 0.162. The number of rotatable bonds is 6. The maximum atomic E-state index is 2.55. The average Bonchev–Trinajstić information content (AvgIpc) is 3.98. The second-order valence-corrected chi connectivity index (χ2v) is 16.6. The SMILES string of the molecule is c1ccc(-c2ccc(-c3cccc(-c4ccc5c(c4)C4(CCCCC4)c4cc(-c6cccc(-c7ccc(-c8ccccc8)s7)c6)ccc4-5)c3)s2)cc1. The van der Waals surface area contributed by atoms with Crippen LogP contribution in [0.4, 0.5) is 0 Å². The monoisotopic (exact) mass is 702 g/mol. The second-order valence-electron chi connectivity index (χ2n) is 14.4. The van der Waals surface area contributed by atoms with Crippen molar-refractivity contribution in [3.8, 4) is 75.1 Å². The van der Waals surface area contributed by atoms with E-state index in [0.717, 1.165) is 0 Å². The average molecular weight is 703 g/mol. The van der Waals surface area contributed by atoms with Gasteiger partial charge in [-0.05, 0) is 128 Å². The van der Waals surface area contributed by atoms with Crippen LogP contribution in [-0.4, -0.2) is 0 Å². The van der Waals surface area contributed by atoms with Crippen LogP contribution < -0.4 is 0 Å². The molecule has 0 radical (unpaired) electrons. The van der Waals surface area contributed by atoms with Gasteiger partial charge < -0.3 is 0 Å². The first-order chi connectivity index (χ1) is 25.7. The van der Waals surface area contributed by atoms with E-state index in [9.17, 15) is 0 Å². The van der Waals surface area contributed by atoms with Gasteiger partial charge in [-0.1, -0.05) is 141 Å². The number of hydrogen-bond donors (Lipinski definition) is 0. The highest BCUT2D eigenvalue weighted by Crippen LogP contribution is 2.57. The number of benzene rings is 6. The summed E-state index contributed by atoms with van der Waals surface area (Å²) >= 11 is 3.74. The highest BCUT2D eigenvalue weighted by Gasteiger charge is 2.44. The van der Waals surface area contributed by atoms with Crippen LogP contribution in [-0.2, 0) is 5.41 Å². The lowest BCUT2D eigenvalue weighted by Crippen LogP contribution is -2.28. The Labute approximate surface area is 314 Å². The Bertz CT molecular complexity index is 2370. The summed E-state index contributed by atoms with van der Waals surface area (Å²) in [5.41, 5.74) is 16.3. The molecule has 0 bridgehead atoms. The summed E-state index contributed by atoms with van der Waals surface area (Å²) in [7, 11) is 0. The van der Waals surface area contributed by atoms with Crippen molar-refractivity contribution < 1.29 is 0 Å². The number of fused-ring (bicyclic) bond motifs is 5. The van der Waals surface area contributed by atoms with Crippen molar-refractivity contribution in [3.05, 3.63) is 181 Å². The van der Waals surface area contributed by atoms with Gasteiger partial charge in [0.25, 0.3) is 0 Å². The lowest BCUT2D eigenvalue weighted by Gasteiger charge is -2.36. The first-order valence-electron chi connectivity index (χ1n) is 18.5. The predicted octanol–water partition coefficient (Wildman–Crippen LogP) is 15.0. The minimum Gasteiger partial charge on any atom is -0.135 e. The van der Waals surface area contributed by atoms with Crippen molar-refractivity contribution in [2.75, 3.05) is 0 Å². The van der Waals surface area contributed by atoms with Crippen LogP contribution in [0.15, 0.2) is 170 Å². The van der Waals surface area contributed by atoms with Crippen molar-refractivity contribution in [1.82, 2.24) is 0 Å². The van der Waals surface area contributed by atoms with E-state index >= 15 is 0 Å². The van der Waals surface area contributed by atoms with Crippen LogP contribution in [0.3, 0.4) is 0 Å². The fourth-order valence-electron chi connectivity index (χ4n) is 8.75. The molecule has 2 heterocycles. The standard InChI is InChI=1S/C50H38S2/c1-4-12-34(13-5-1)46-24-26-48(51-46)40-18-10-16-36(30-40)38-20-22-42-43-23-21-39(33-45(43)50(44(42)32-38)28-8-3-9-29-50)37-17-11-19-41(31-37)49-27-25-47(52-49)35-14-6-2-7-15-35/h1-2,4-7,10-27,30-33H,3,8-9,28-29H2. The Morgan fingerprint density at radius 3 is 1.15 bits per heavy atom. The maximum absolute atomic E-state index is 2.55. The van der Waals surface area contributed by atoms with Gasteiger partial charge in [0.05, 0.1) is 0 Å². The number of thiophene rings is 2. The fraction of sp³-hybridized carbons (Fsp3) is 0.120. The second kappa shape index (κ2) is 13.0. The van der Waals surface area contributed by atoms with Crippen molar-refractivity contribution in [1.29, 1.82) is 0 Å². The van der Waals surface area contributed by atoms with Gasteiger partial charge >= 0.3 is 0 Å². The molecule has 0 saturated heterocycles. The van der Waals surface area contributed by atoms with Gasteiger partial charge in [-0.2, -0.15) is 0 Å². The molecule has 2 aliphatic rings. The zero-order valence-electron chi connectivity index (χ0n) is 29.0. The topological polar surface area (TPSA) is 0 Å². The Morgan fingerprint density at radius 1 is 0.308 bits per heavy atom. The largest absolute Gasteiger partial charge is 0.135 e. The van der Waals surface area contributed by atoms with Gasteiger partial charge in [-0.15, -0.1) is 22.7 Å². The van der Waals surface area contributed by atoms with E-state index in [4.69, 9.17) is 0 Å². The molecule has 0 unspecified atom stereocenters. The van der Waals surface area contributed by atoms with E-state index in [1.807, 2.05) is 22.7 Å². The van der Waals surface area contributed by atoms with Crippen molar-refractivity contribution >= 4 is 22.7 Å². The molecule has 8 aromatic rings. The molecule has 52 heavy (non-hydrogen) atoms. The molecule has 2 aliphatic carbocycles. The van der Waals surface area contributed by atoms with Gasteiger partial charge in [-0.25, -0.2) is 0 Å². The lowest BCUT2D eigenvalue weighted by atomic mass is 9.67. The van der Waals surface area contributed by atoms with Crippen LogP contribution in [0.5, 0.6) is 0 Å². The third-order valence-corrected chi connectivity index (χ3v) is 13.7. The van der Waals surface area contributed by atoms with Crippen molar-refractivity contribution in [3.63, 3.8) is 0 Å². The van der Waals surface area contributed by atoms with E-state index in [2.05, 4.69) is 170 Å². The molecule has 0 nitrogen and oxygen atoms in total. The molecular weight excluding hydrogens is 665 g/mol. The van der Waals surface area contributed by atoms with E-state index in [1.54, 1.807) is 0 Å². The number of hydrogen-bond acceptors (Lipinski definition) is 2. The van der Waals surface area contributed by atoms with Crippen LogP contribution in [0, 0.1) is 0 Å². The maximum Gasteiger partial charge on any atom is 0.0349 e. The minimum atomic E-state index is 0.0703. The van der Waals surface area contributed by atoms with Gasteiger partial charge in [0.1, 0.15) is 0 Å². The van der Waals surface area contributed by atoms with Gasteiger partial charge in [0.2, 0.25) is 0 Å². The van der Waals surface area contributed by atoms with Gasteiger partial charge in [0, 0.05) is 24.9 Å². The van der Waals surface area contributed by atoms with E-state index < -0.39 is 0 Å². The first-order valence-corrected chi connectivity index (χ1v) is 20.2. The van der Waals surface area contributed by atoms with Crippen LogP contribution in [0.2, 0.25) is 0 Å².